The second-order valence-electron chi connectivity index (χ2n) is 5.99. The maximum absolute atomic E-state index is 12.1. The number of rotatable bonds is 2. The predicted octanol–water partition coefficient (Wildman–Crippen LogP) is 1.83. The number of ether oxygens (including phenoxy) is 1. The molecule has 2 aliphatic rings. The molecule has 2 saturated heterocycles. The molecule has 110 valence electrons. The number of carbonyl (C=O) groups excluding carboxylic acids is 1. The highest BCUT2D eigenvalue weighted by Gasteiger charge is 2.44. The number of carbonyl (C=O) groups is 1. The number of hydrogen-bond acceptors (Lipinski definition) is 3. The summed E-state index contributed by atoms with van der Waals surface area (Å²) < 4.78 is 7.34. The van der Waals surface area contributed by atoms with Crippen LogP contribution in [0.3, 0.4) is 0 Å². The van der Waals surface area contributed by atoms with E-state index in [2.05, 4.69) is 10.6 Å². The lowest BCUT2D eigenvalue weighted by molar-refractivity contribution is -0.133. The lowest BCUT2D eigenvalue weighted by atomic mass is 9.94. The Hall–Kier alpha value is -1.88. The number of hydrogen-bond donors (Lipinski definition) is 0. The third-order valence-corrected chi connectivity index (χ3v) is 4.56. The van der Waals surface area contributed by atoms with Gasteiger partial charge in [-0.05, 0) is 31.9 Å². The molecule has 0 unspecified atom stereocenters. The van der Waals surface area contributed by atoms with Gasteiger partial charge >= 0.3 is 0 Å². The van der Waals surface area contributed by atoms with Crippen molar-refractivity contribution < 1.29 is 9.53 Å². The van der Waals surface area contributed by atoms with Gasteiger partial charge in [-0.3, -0.25) is 4.79 Å². The molecule has 4 heterocycles. The zero-order valence-electron chi connectivity index (χ0n) is 12.1. The highest BCUT2D eigenvalue weighted by atomic mass is 16.6. The summed E-state index contributed by atoms with van der Waals surface area (Å²) in [6.45, 7) is 3.57. The molecule has 0 aromatic carbocycles. The van der Waals surface area contributed by atoms with Gasteiger partial charge in [0.25, 0.3) is 5.91 Å². The number of fused-ring (bicyclic) bond motifs is 1. The summed E-state index contributed by atoms with van der Waals surface area (Å²) in [5.74, 6) is 0.613. The predicted molar refractivity (Wildman–Crippen MR) is 78.1 cm³/mol. The van der Waals surface area contributed by atoms with Crippen LogP contribution in [0, 0.1) is 0 Å². The van der Waals surface area contributed by atoms with Crippen molar-refractivity contribution >= 4 is 11.6 Å². The van der Waals surface area contributed by atoms with Gasteiger partial charge in [-0.2, -0.15) is 0 Å². The largest absolute Gasteiger partial charge is 0.359 e. The Bertz CT molecular complexity index is 640. The average Bonchev–Trinajstić information content (AvgIpc) is 3.09. The molecule has 0 bridgehead atoms. The van der Waals surface area contributed by atoms with Gasteiger partial charge in [0.05, 0.1) is 11.8 Å². The average molecular weight is 285 g/mol. The first kappa shape index (κ1) is 12.8. The van der Waals surface area contributed by atoms with E-state index in [1.165, 1.54) is 0 Å². The lowest BCUT2D eigenvalue weighted by Crippen LogP contribution is -2.40. The maximum Gasteiger partial charge on any atom is 0.254 e. The molecule has 4 rings (SSSR count). The fraction of sp³-hybridized carbons (Fsp3) is 0.500. The van der Waals surface area contributed by atoms with Crippen molar-refractivity contribution in [2.24, 2.45) is 0 Å². The molecular formula is C16H19N3O2. The first-order chi connectivity index (χ1) is 10.2. The molecule has 2 aromatic heterocycles. The summed E-state index contributed by atoms with van der Waals surface area (Å²) in [6, 6.07) is 6.04. The van der Waals surface area contributed by atoms with E-state index in [9.17, 15) is 4.79 Å². The summed E-state index contributed by atoms with van der Waals surface area (Å²) in [4.78, 5) is 18.8. The molecule has 21 heavy (non-hydrogen) atoms. The highest BCUT2D eigenvalue weighted by Crippen LogP contribution is 2.30. The van der Waals surface area contributed by atoms with Crippen molar-refractivity contribution in [2.75, 3.05) is 13.1 Å². The minimum atomic E-state index is -0.184. The Balaban J connectivity index is 1.43. The number of epoxide rings is 1. The molecule has 5 heteroatoms. The Kier molecular flexibility index (Phi) is 2.96. The fourth-order valence-electron chi connectivity index (χ4n) is 3.17. The number of piperidine rings is 1. The number of amides is 1. The third-order valence-electron chi connectivity index (χ3n) is 4.56. The summed E-state index contributed by atoms with van der Waals surface area (Å²) in [7, 11) is 0. The van der Waals surface area contributed by atoms with E-state index in [-0.39, 0.29) is 18.1 Å². The molecule has 5 nitrogen and oxygen atoms in total. The second-order valence-corrected chi connectivity index (χ2v) is 5.99. The number of nitrogens with zero attached hydrogens (tertiary/aromatic N) is 3. The summed E-state index contributed by atoms with van der Waals surface area (Å²) in [5.41, 5.74) is 2.13. The van der Waals surface area contributed by atoms with Gasteiger partial charge in [0.2, 0.25) is 0 Å². The van der Waals surface area contributed by atoms with Crippen LogP contribution >= 0.6 is 0 Å². The first-order valence-electron chi connectivity index (χ1n) is 7.60. The standard InChI is InChI=1S/C16H19N3O2/c1-11-15(21-11)16(20)18-8-5-12(6-9-18)13-10-19-7-3-2-4-14(19)17-13/h2-4,7,10-12,15H,5-6,8-9H2,1H3/t11-,15+/m0/s1. The van der Waals surface area contributed by atoms with Crippen molar-refractivity contribution in [2.45, 2.75) is 37.9 Å². The van der Waals surface area contributed by atoms with Crippen molar-refractivity contribution in [1.82, 2.24) is 14.3 Å². The lowest BCUT2D eigenvalue weighted by Gasteiger charge is -2.31. The van der Waals surface area contributed by atoms with Crippen molar-refractivity contribution in [3.05, 3.63) is 36.3 Å². The SMILES string of the molecule is C[C@@H]1O[C@H]1C(=O)N1CCC(c2cn3ccccc3n2)CC1. The molecule has 0 aliphatic carbocycles. The molecule has 0 radical (unpaired) electrons. The molecule has 2 fully saturated rings. The van der Waals surface area contributed by atoms with Crippen molar-refractivity contribution in [1.29, 1.82) is 0 Å². The van der Waals surface area contributed by atoms with Gasteiger partial charge in [-0.25, -0.2) is 4.98 Å². The van der Waals surface area contributed by atoms with Crippen molar-refractivity contribution in [3.8, 4) is 0 Å². The Morgan fingerprint density at radius 1 is 1.33 bits per heavy atom. The molecule has 2 aliphatic heterocycles. The minimum Gasteiger partial charge on any atom is -0.359 e. The van der Waals surface area contributed by atoms with Gasteiger partial charge in [-0.15, -0.1) is 0 Å². The fourth-order valence-corrected chi connectivity index (χ4v) is 3.17. The molecule has 2 atom stereocenters. The number of imidazole rings is 1. The van der Waals surface area contributed by atoms with E-state index < -0.39 is 0 Å². The number of likely N-dealkylation sites (tertiary alicyclic amines) is 1. The van der Waals surface area contributed by atoms with Crippen LogP contribution in [-0.4, -0.2) is 45.5 Å². The van der Waals surface area contributed by atoms with Crippen LogP contribution < -0.4 is 0 Å². The highest BCUT2D eigenvalue weighted by molar-refractivity contribution is 5.83. The van der Waals surface area contributed by atoms with Crippen LogP contribution in [0.4, 0.5) is 0 Å². The second kappa shape index (κ2) is 4.84. The minimum absolute atomic E-state index is 0.105. The third kappa shape index (κ3) is 2.31. The van der Waals surface area contributed by atoms with Crippen LogP contribution in [0.2, 0.25) is 0 Å². The molecule has 0 saturated carbocycles. The number of aromatic nitrogens is 2. The van der Waals surface area contributed by atoms with Gasteiger partial charge < -0.3 is 14.0 Å². The first-order valence-corrected chi connectivity index (χ1v) is 7.60. The molecule has 0 N–H and O–H groups in total. The smallest absolute Gasteiger partial charge is 0.254 e. The molecular weight excluding hydrogens is 266 g/mol. The molecule has 2 aromatic rings. The summed E-state index contributed by atoms with van der Waals surface area (Å²) in [6.07, 6.45) is 6.03. The van der Waals surface area contributed by atoms with Gasteiger partial charge in [-0.1, -0.05) is 6.07 Å². The monoisotopic (exact) mass is 285 g/mol. The van der Waals surface area contributed by atoms with E-state index in [0.29, 0.717) is 5.92 Å². The number of pyridine rings is 1. The van der Waals surface area contributed by atoms with E-state index in [4.69, 9.17) is 9.72 Å². The van der Waals surface area contributed by atoms with Crippen LogP contribution in [0.25, 0.3) is 5.65 Å². The van der Waals surface area contributed by atoms with E-state index in [0.717, 1.165) is 37.3 Å². The van der Waals surface area contributed by atoms with E-state index in [1.54, 1.807) is 0 Å². The van der Waals surface area contributed by atoms with Gasteiger partial charge in [0.1, 0.15) is 5.65 Å². The quantitative estimate of drug-likeness (QED) is 0.791. The Morgan fingerprint density at radius 2 is 2.10 bits per heavy atom. The molecule has 1 amide bonds. The van der Waals surface area contributed by atoms with E-state index in [1.807, 2.05) is 36.2 Å². The van der Waals surface area contributed by atoms with Crippen LogP contribution in [0.1, 0.15) is 31.4 Å². The zero-order chi connectivity index (χ0) is 14.4. The van der Waals surface area contributed by atoms with Crippen LogP contribution in [0.5, 0.6) is 0 Å². The topological polar surface area (TPSA) is 50.1 Å². The zero-order valence-corrected chi connectivity index (χ0v) is 12.1. The summed E-state index contributed by atoms with van der Waals surface area (Å²) in [5, 5.41) is 0. The van der Waals surface area contributed by atoms with Gasteiger partial charge in [0, 0.05) is 31.4 Å². The van der Waals surface area contributed by atoms with Gasteiger partial charge in [0.15, 0.2) is 6.10 Å². The maximum atomic E-state index is 12.1. The normalized spacial score (nSPS) is 26.2. The van der Waals surface area contributed by atoms with Crippen LogP contribution in [0.15, 0.2) is 30.6 Å². The van der Waals surface area contributed by atoms with E-state index >= 15 is 0 Å². The van der Waals surface area contributed by atoms with Crippen LogP contribution in [-0.2, 0) is 9.53 Å². The Labute approximate surface area is 123 Å². The molecule has 0 spiro atoms. The van der Waals surface area contributed by atoms with Crippen molar-refractivity contribution in [3.63, 3.8) is 0 Å². The summed E-state index contributed by atoms with van der Waals surface area (Å²) >= 11 is 0. The Morgan fingerprint density at radius 3 is 2.76 bits per heavy atom.